The van der Waals surface area contributed by atoms with Gasteiger partial charge in [0.2, 0.25) is 5.91 Å². The summed E-state index contributed by atoms with van der Waals surface area (Å²) in [6.45, 7) is 4.33. The van der Waals surface area contributed by atoms with Crippen molar-refractivity contribution in [2.45, 2.75) is 64.8 Å². The molecule has 2 aliphatic carbocycles. The normalized spacial score (nSPS) is 28.5. The zero-order valence-electron chi connectivity index (χ0n) is 12.0. The largest absolute Gasteiger partial charge is 0.466 e. The minimum atomic E-state index is -0.0829. The van der Waals surface area contributed by atoms with E-state index in [4.69, 9.17) is 4.74 Å². The van der Waals surface area contributed by atoms with Crippen molar-refractivity contribution >= 4 is 11.9 Å². The number of carbonyl (C=O) groups excluding carboxylic acids is 2. The number of hydrogen-bond donors (Lipinski definition) is 1. The van der Waals surface area contributed by atoms with Gasteiger partial charge in [-0.1, -0.05) is 6.92 Å². The van der Waals surface area contributed by atoms with Crippen LogP contribution in [-0.4, -0.2) is 24.5 Å². The quantitative estimate of drug-likeness (QED) is 0.778. The zero-order chi connectivity index (χ0) is 13.9. The molecule has 0 aliphatic heterocycles. The number of carbonyl (C=O) groups is 2. The van der Waals surface area contributed by atoms with Crippen molar-refractivity contribution in [3.05, 3.63) is 0 Å². The van der Waals surface area contributed by atoms with Crippen molar-refractivity contribution in [3.63, 3.8) is 0 Å². The van der Waals surface area contributed by atoms with Crippen molar-refractivity contribution < 1.29 is 14.3 Å². The van der Waals surface area contributed by atoms with Crippen LogP contribution in [0.15, 0.2) is 0 Å². The molecule has 2 fully saturated rings. The molecule has 4 nitrogen and oxygen atoms in total. The van der Waals surface area contributed by atoms with Gasteiger partial charge in [0, 0.05) is 17.9 Å². The summed E-state index contributed by atoms with van der Waals surface area (Å²) in [5.41, 5.74) is -0.0816. The Kier molecular flexibility index (Phi) is 4.48. The van der Waals surface area contributed by atoms with Crippen molar-refractivity contribution in [1.82, 2.24) is 5.32 Å². The smallest absolute Gasteiger partial charge is 0.306 e. The van der Waals surface area contributed by atoms with Gasteiger partial charge in [0.25, 0.3) is 0 Å². The molecule has 19 heavy (non-hydrogen) atoms. The Morgan fingerprint density at radius 2 is 1.84 bits per heavy atom. The summed E-state index contributed by atoms with van der Waals surface area (Å²) in [5, 5.41) is 3.17. The van der Waals surface area contributed by atoms with E-state index in [1.54, 1.807) is 0 Å². The maximum atomic E-state index is 12.0. The summed E-state index contributed by atoms with van der Waals surface area (Å²) in [5.74, 6) is 0.575. The van der Waals surface area contributed by atoms with E-state index in [9.17, 15) is 9.59 Å². The second-order valence-electron chi connectivity index (χ2n) is 6.26. The van der Waals surface area contributed by atoms with Gasteiger partial charge in [0.1, 0.15) is 0 Å². The Hall–Kier alpha value is -1.06. The van der Waals surface area contributed by atoms with Crippen LogP contribution in [0.25, 0.3) is 0 Å². The van der Waals surface area contributed by atoms with Gasteiger partial charge in [0.15, 0.2) is 0 Å². The molecular formula is C15H25NO3. The van der Waals surface area contributed by atoms with Gasteiger partial charge < -0.3 is 10.1 Å². The van der Waals surface area contributed by atoms with Crippen LogP contribution in [0.5, 0.6) is 0 Å². The van der Waals surface area contributed by atoms with Crippen molar-refractivity contribution in [3.8, 4) is 0 Å². The molecule has 1 amide bonds. The van der Waals surface area contributed by atoms with Gasteiger partial charge >= 0.3 is 5.97 Å². The van der Waals surface area contributed by atoms with Crippen molar-refractivity contribution in [2.24, 2.45) is 11.3 Å². The lowest BCUT2D eigenvalue weighted by Gasteiger charge is -2.29. The molecule has 4 heteroatoms. The summed E-state index contributed by atoms with van der Waals surface area (Å²) in [6.07, 6.45) is 6.60. The minimum Gasteiger partial charge on any atom is -0.466 e. The van der Waals surface area contributed by atoms with Crippen molar-refractivity contribution in [1.29, 1.82) is 0 Å². The molecule has 108 valence electrons. The maximum Gasteiger partial charge on any atom is 0.306 e. The number of amides is 1. The highest BCUT2D eigenvalue weighted by Crippen LogP contribution is 2.45. The van der Waals surface area contributed by atoms with Crippen LogP contribution in [-0.2, 0) is 14.3 Å². The number of nitrogens with one attached hydrogen (secondary N) is 1. The molecule has 0 aromatic heterocycles. The summed E-state index contributed by atoms with van der Waals surface area (Å²) in [6, 6.07) is 0.309. The molecule has 0 aromatic rings. The highest BCUT2D eigenvalue weighted by Gasteiger charge is 2.45. The second kappa shape index (κ2) is 5.93. The molecule has 2 aliphatic rings. The van der Waals surface area contributed by atoms with E-state index >= 15 is 0 Å². The topological polar surface area (TPSA) is 55.4 Å². The molecule has 0 bridgehead atoms. The molecular weight excluding hydrogens is 242 g/mol. The lowest BCUT2D eigenvalue weighted by atomic mass is 9.84. The monoisotopic (exact) mass is 267 g/mol. The first kappa shape index (κ1) is 14.4. The first-order valence-electron chi connectivity index (χ1n) is 7.50. The number of hydrogen-bond acceptors (Lipinski definition) is 3. The van der Waals surface area contributed by atoms with Gasteiger partial charge in [-0.3, -0.25) is 9.59 Å². The molecule has 0 saturated heterocycles. The van der Waals surface area contributed by atoms with Gasteiger partial charge in [-0.05, 0) is 51.4 Å². The number of rotatable bonds is 5. The van der Waals surface area contributed by atoms with Gasteiger partial charge in [-0.15, -0.1) is 0 Å². The van der Waals surface area contributed by atoms with Crippen LogP contribution in [0, 0.1) is 11.3 Å². The van der Waals surface area contributed by atoms with E-state index in [2.05, 4.69) is 5.32 Å². The highest BCUT2D eigenvalue weighted by molar-refractivity contribution is 5.85. The van der Waals surface area contributed by atoms with E-state index < -0.39 is 0 Å². The van der Waals surface area contributed by atoms with E-state index in [0.717, 1.165) is 38.5 Å². The molecule has 2 rings (SSSR count). The highest BCUT2D eigenvalue weighted by atomic mass is 16.5. The Labute approximate surface area is 115 Å². The van der Waals surface area contributed by atoms with E-state index in [1.165, 1.54) is 0 Å². The SMILES string of the molecule is CCOC(=O)C[C@H]1CC[C@H](NC(=O)C2(C)CC2)CC1. The molecule has 0 aromatic carbocycles. The number of ether oxygens (including phenoxy) is 1. The van der Waals surface area contributed by atoms with Crippen molar-refractivity contribution in [2.75, 3.05) is 6.61 Å². The van der Waals surface area contributed by atoms with Gasteiger partial charge in [0.05, 0.1) is 6.61 Å². The maximum absolute atomic E-state index is 12.0. The lowest BCUT2D eigenvalue weighted by molar-refractivity contribution is -0.144. The van der Waals surface area contributed by atoms with Crippen LogP contribution in [0.4, 0.5) is 0 Å². The van der Waals surface area contributed by atoms with Crippen LogP contribution in [0.3, 0.4) is 0 Å². The Morgan fingerprint density at radius 1 is 1.21 bits per heavy atom. The van der Waals surface area contributed by atoms with E-state index in [1.807, 2.05) is 13.8 Å². The fraction of sp³-hybridized carbons (Fsp3) is 0.867. The van der Waals surface area contributed by atoms with Gasteiger partial charge in [-0.2, -0.15) is 0 Å². The Bertz CT molecular complexity index is 341. The third-order valence-corrected chi connectivity index (χ3v) is 4.49. The zero-order valence-corrected chi connectivity index (χ0v) is 12.0. The molecule has 0 spiro atoms. The van der Waals surface area contributed by atoms with Crippen LogP contribution >= 0.6 is 0 Å². The fourth-order valence-electron chi connectivity index (χ4n) is 2.74. The molecule has 0 heterocycles. The van der Waals surface area contributed by atoms with Gasteiger partial charge in [-0.25, -0.2) is 0 Å². The van der Waals surface area contributed by atoms with Crippen LogP contribution in [0.1, 0.15) is 58.8 Å². The Balaban J connectivity index is 1.67. The molecule has 2 saturated carbocycles. The molecule has 0 atom stereocenters. The van der Waals surface area contributed by atoms with Crippen LogP contribution < -0.4 is 5.32 Å². The first-order chi connectivity index (χ1) is 9.03. The molecule has 1 N–H and O–H groups in total. The molecule has 0 radical (unpaired) electrons. The first-order valence-corrected chi connectivity index (χ1v) is 7.50. The Morgan fingerprint density at radius 3 is 2.37 bits per heavy atom. The fourth-order valence-corrected chi connectivity index (χ4v) is 2.74. The summed E-state index contributed by atoms with van der Waals surface area (Å²) < 4.78 is 4.98. The van der Waals surface area contributed by atoms with Crippen LogP contribution in [0.2, 0.25) is 0 Å². The average molecular weight is 267 g/mol. The van der Waals surface area contributed by atoms with E-state index in [0.29, 0.717) is 25.0 Å². The standard InChI is InChI=1S/C15H25NO3/c1-3-19-13(17)10-11-4-6-12(7-5-11)16-14(18)15(2)8-9-15/h11-12H,3-10H2,1-2H3,(H,16,18)/t11-,12-. The minimum absolute atomic E-state index is 0.0816. The number of esters is 1. The predicted molar refractivity (Wildman–Crippen MR) is 72.5 cm³/mol. The summed E-state index contributed by atoms with van der Waals surface area (Å²) >= 11 is 0. The predicted octanol–water partition coefficient (Wildman–Crippen LogP) is 2.41. The van der Waals surface area contributed by atoms with E-state index in [-0.39, 0.29) is 17.3 Å². The third-order valence-electron chi connectivity index (χ3n) is 4.49. The third kappa shape index (κ3) is 3.95. The summed E-state index contributed by atoms with van der Waals surface area (Å²) in [7, 11) is 0. The lowest BCUT2D eigenvalue weighted by Crippen LogP contribution is -2.41. The average Bonchev–Trinajstić information content (AvgIpc) is 3.11. The molecule has 0 unspecified atom stereocenters. The summed E-state index contributed by atoms with van der Waals surface area (Å²) in [4.78, 5) is 23.4. The second-order valence-corrected chi connectivity index (χ2v) is 6.26.